The minimum atomic E-state index is 0.0200. The van der Waals surface area contributed by atoms with E-state index in [4.69, 9.17) is 9.57 Å². The maximum Gasteiger partial charge on any atom is 0.225 e. The monoisotopic (exact) mass is 497 g/mol. The summed E-state index contributed by atoms with van der Waals surface area (Å²) in [4.78, 5) is 23.2. The van der Waals surface area contributed by atoms with Gasteiger partial charge in [-0.1, -0.05) is 36.5 Å². The number of methoxy groups -OCH3 is 1. The molecule has 0 spiro atoms. The molecule has 1 aromatic rings. The van der Waals surface area contributed by atoms with Crippen LogP contribution in [0.5, 0.6) is 5.75 Å². The van der Waals surface area contributed by atoms with Gasteiger partial charge in [-0.15, -0.1) is 0 Å². The normalized spacial score (nSPS) is 30.8. The first-order valence-corrected chi connectivity index (χ1v) is 13.5. The summed E-state index contributed by atoms with van der Waals surface area (Å²) >= 11 is 1.40. The average molecular weight is 498 g/mol. The molecule has 3 aliphatic carbocycles. The van der Waals surface area contributed by atoms with Crippen LogP contribution in [0.1, 0.15) is 69.4 Å². The number of hydrogen-bond donors (Lipinski definition) is 1. The van der Waals surface area contributed by atoms with E-state index in [0.717, 1.165) is 36.3 Å². The Kier molecular flexibility index (Phi) is 7.94. The highest BCUT2D eigenvalue weighted by Gasteiger charge is 2.57. The number of carbonyl (C=O) groups is 1. The molecule has 0 saturated heterocycles. The highest BCUT2D eigenvalue weighted by Crippen LogP contribution is 2.62. The van der Waals surface area contributed by atoms with Crippen molar-refractivity contribution in [2.45, 2.75) is 64.7 Å². The van der Waals surface area contributed by atoms with Crippen LogP contribution in [-0.4, -0.2) is 38.1 Å². The number of nitrogens with one attached hydrogen (secondary N) is 1. The van der Waals surface area contributed by atoms with Crippen molar-refractivity contribution in [2.75, 3.05) is 21.3 Å². The topological polar surface area (TPSA) is 72.3 Å². The van der Waals surface area contributed by atoms with Crippen LogP contribution in [0, 0.1) is 23.2 Å². The second kappa shape index (κ2) is 10.8. The Morgan fingerprint density at radius 3 is 2.80 bits per heavy atom. The summed E-state index contributed by atoms with van der Waals surface area (Å²) in [6.45, 7) is 8.20. The number of ether oxygens (including phenoxy) is 1. The van der Waals surface area contributed by atoms with Crippen LogP contribution in [0.25, 0.3) is 0 Å². The molecule has 2 saturated carbocycles. The molecular weight excluding hydrogens is 458 g/mol. The van der Waals surface area contributed by atoms with Crippen molar-refractivity contribution >= 4 is 28.5 Å². The summed E-state index contributed by atoms with van der Waals surface area (Å²) < 4.78 is 5.49. The molecule has 35 heavy (non-hydrogen) atoms. The van der Waals surface area contributed by atoms with Crippen LogP contribution in [0.3, 0.4) is 0 Å². The molecule has 0 radical (unpaired) electrons. The van der Waals surface area contributed by atoms with E-state index < -0.39 is 0 Å². The van der Waals surface area contributed by atoms with Gasteiger partial charge in [-0.3, -0.25) is 9.79 Å². The van der Waals surface area contributed by atoms with Gasteiger partial charge in [-0.2, -0.15) is 0 Å². The van der Waals surface area contributed by atoms with Crippen LogP contribution in [0.4, 0.5) is 0 Å². The lowest BCUT2D eigenvalue weighted by Crippen LogP contribution is -2.44. The Labute approximate surface area is 214 Å². The predicted molar refractivity (Wildman–Crippen MR) is 144 cm³/mol. The zero-order valence-corrected chi connectivity index (χ0v) is 22.5. The number of oxime groups is 1. The molecule has 0 aromatic heterocycles. The molecule has 0 heterocycles. The largest absolute Gasteiger partial charge is 0.497 e. The average Bonchev–Trinajstić information content (AvgIpc) is 3.13. The molecule has 3 aliphatic rings. The number of fused-ring (bicyclic) bond motifs is 5. The number of rotatable bonds is 6. The number of allylic oxidation sites excluding steroid dienone is 1. The molecule has 1 aromatic carbocycles. The number of aryl methyl sites for hydroxylation is 1. The van der Waals surface area contributed by atoms with E-state index in [1.165, 1.54) is 41.4 Å². The first-order valence-electron chi connectivity index (χ1n) is 12.7. The fourth-order valence-corrected chi connectivity index (χ4v) is 7.66. The predicted octanol–water partition coefficient (Wildman–Crippen LogP) is 5.93. The second-order valence-electron chi connectivity index (χ2n) is 10.5. The van der Waals surface area contributed by atoms with E-state index in [1.807, 2.05) is 6.92 Å². The fourth-order valence-electron chi connectivity index (χ4n) is 7.07. The summed E-state index contributed by atoms with van der Waals surface area (Å²) in [6, 6.07) is 6.63. The maximum atomic E-state index is 12.8. The van der Waals surface area contributed by atoms with E-state index in [9.17, 15) is 4.79 Å². The Morgan fingerprint density at radius 1 is 1.31 bits per heavy atom. The SMILES string of the molecule is C=C(C)SC(=NC)NC(=O)CCC1C/C(=N\OC)C2(C)CCC3c4ccc(OC)cc4CCC3C12. The fraction of sp³-hybridized carbons (Fsp3) is 0.607. The van der Waals surface area contributed by atoms with Crippen molar-refractivity contribution in [2.24, 2.45) is 33.3 Å². The molecule has 5 unspecified atom stereocenters. The van der Waals surface area contributed by atoms with Crippen LogP contribution in [-0.2, 0) is 16.1 Å². The lowest BCUT2D eigenvalue weighted by molar-refractivity contribution is -0.120. The third-order valence-corrected chi connectivity index (χ3v) is 9.30. The molecule has 5 atom stereocenters. The van der Waals surface area contributed by atoms with Crippen molar-refractivity contribution in [3.8, 4) is 5.75 Å². The number of thioether (sulfide) groups is 1. The molecule has 1 N–H and O–H groups in total. The number of benzene rings is 1. The van der Waals surface area contributed by atoms with Crippen molar-refractivity contribution in [1.29, 1.82) is 0 Å². The molecule has 0 bridgehead atoms. The molecule has 1 amide bonds. The van der Waals surface area contributed by atoms with Crippen LogP contribution in [0.2, 0.25) is 0 Å². The minimum Gasteiger partial charge on any atom is -0.497 e. The summed E-state index contributed by atoms with van der Waals surface area (Å²) in [5.74, 6) is 3.05. The van der Waals surface area contributed by atoms with Gasteiger partial charge in [0.1, 0.15) is 12.9 Å². The van der Waals surface area contributed by atoms with Gasteiger partial charge in [0, 0.05) is 18.9 Å². The number of hydrogen-bond acceptors (Lipinski definition) is 6. The van der Waals surface area contributed by atoms with Gasteiger partial charge in [-0.05, 0) is 97.3 Å². The molecule has 0 aliphatic heterocycles. The summed E-state index contributed by atoms with van der Waals surface area (Å²) in [7, 11) is 5.08. The molecular formula is C28H39N3O3S. The van der Waals surface area contributed by atoms with Crippen molar-refractivity contribution in [3.05, 3.63) is 40.8 Å². The van der Waals surface area contributed by atoms with Gasteiger partial charge in [-0.25, -0.2) is 0 Å². The van der Waals surface area contributed by atoms with Crippen molar-refractivity contribution in [1.82, 2.24) is 5.32 Å². The Balaban J connectivity index is 1.54. The smallest absolute Gasteiger partial charge is 0.225 e. The Morgan fingerprint density at radius 2 is 2.11 bits per heavy atom. The van der Waals surface area contributed by atoms with Gasteiger partial charge in [0.05, 0.1) is 12.8 Å². The number of amidine groups is 1. The van der Waals surface area contributed by atoms with Gasteiger partial charge in [0.15, 0.2) is 5.17 Å². The number of carbonyl (C=O) groups excluding carboxylic acids is 1. The Bertz CT molecular complexity index is 1040. The molecule has 6 nitrogen and oxygen atoms in total. The highest BCUT2D eigenvalue weighted by atomic mass is 32.2. The minimum absolute atomic E-state index is 0.0200. The summed E-state index contributed by atoms with van der Waals surface area (Å²) in [5.41, 5.74) is 4.16. The van der Waals surface area contributed by atoms with E-state index in [2.05, 4.69) is 47.2 Å². The summed E-state index contributed by atoms with van der Waals surface area (Å²) in [6.07, 6.45) is 6.78. The number of amides is 1. The van der Waals surface area contributed by atoms with Gasteiger partial charge >= 0.3 is 0 Å². The third-order valence-electron chi connectivity index (χ3n) is 8.47. The summed E-state index contributed by atoms with van der Waals surface area (Å²) in [5, 5.41) is 8.10. The standard InChI is InChI=1S/C28H39N3O3S/c1-17(2)35-27(29-4)30-25(32)12-8-19-16-24(31-34-6)28(3)14-13-22-21-11-9-20(33-5)15-18(21)7-10-23(22)26(19)28/h9,11,15,19,22-23,26H,1,7-8,10,12-14,16H2,2-6H3,(H,29,30,32)/b31-24+. The van der Waals surface area contributed by atoms with Crippen LogP contribution < -0.4 is 10.1 Å². The molecule has 7 heteroatoms. The van der Waals surface area contributed by atoms with E-state index in [-0.39, 0.29) is 11.3 Å². The van der Waals surface area contributed by atoms with Gasteiger partial charge in [0.2, 0.25) is 5.91 Å². The van der Waals surface area contributed by atoms with E-state index >= 15 is 0 Å². The van der Waals surface area contributed by atoms with E-state index in [1.54, 1.807) is 21.3 Å². The first-order chi connectivity index (χ1) is 16.8. The Hall–Kier alpha value is -2.28. The third kappa shape index (κ3) is 5.16. The van der Waals surface area contributed by atoms with Crippen molar-refractivity contribution < 1.29 is 14.4 Å². The van der Waals surface area contributed by atoms with E-state index in [0.29, 0.717) is 35.3 Å². The second-order valence-corrected chi connectivity index (χ2v) is 11.7. The molecule has 4 rings (SSSR count). The highest BCUT2D eigenvalue weighted by molar-refractivity contribution is 8.17. The number of aliphatic imine (C=N–C) groups is 1. The molecule has 190 valence electrons. The lowest BCUT2D eigenvalue weighted by atomic mass is 9.54. The lowest BCUT2D eigenvalue weighted by Gasteiger charge is -2.50. The van der Waals surface area contributed by atoms with Crippen LogP contribution >= 0.6 is 11.8 Å². The van der Waals surface area contributed by atoms with Gasteiger partial charge < -0.3 is 14.9 Å². The maximum absolute atomic E-state index is 12.8. The van der Waals surface area contributed by atoms with Crippen molar-refractivity contribution in [3.63, 3.8) is 0 Å². The zero-order chi connectivity index (χ0) is 25.2. The van der Waals surface area contributed by atoms with Crippen LogP contribution in [0.15, 0.2) is 39.8 Å². The zero-order valence-electron chi connectivity index (χ0n) is 21.7. The van der Waals surface area contributed by atoms with Gasteiger partial charge in [0.25, 0.3) is 0 Å². The number of nitrogens with zero attached hydrogens (tertiary/aromatic N) is 2. The molecule has 2 fully saturated rings. The quantitative estimate of drug-likeness (QED) is 0.300. The first kappa shape index (κ1) is 25.8.